The number of carboxylic acids is 1. The second-order valence-corrected chi connectivity index (χ2v) is 19.9. The zero-order chi connectivity index (χ0) is 39.5. The number of hydrogen-bond donors (Lipinski definition) is 8. The van der Waals surface area contributed by atoms with Crippen molar-refractivity contribution in [2.45, 2.75) is 167 Å². The largest absolute Gasteiger partial charge is 0.481 e. The van der Waals surface area contributed by atoms with Crippen LogP contribution in [0, 0.1) is 56.7 Å². The van der Waals surface area contributed by atoms with Crippen molar-refractivity contribution in [2.75, 3.05) is 13.2 Å². The molecule has 2 heterocycles. The van der Waals surface area contributed by atoms with Crippen LogP contribution in [0.5, 0.6) is 0 Å². The van der Waals surface area contributed by atoms with Crippen LogP contribution >= 0.6 is 0 Å². The number of fused-ring (bicyclic) bond motifs is 7. The van der Waals surface area contributed by atoms with E-state index in [1.54, 1.807) is 0 Å². The Morgan fingerprint density at radius 1 is 0.778 bits per heavy atom. The highest BCUT2D eigenvalue weighted by molar-refractivity contribution is 5.76. The summed E-state index contributed by atoms with van der Waals surface area (Å²) in [6, 6.07) is 0. The van der Waals surface area contributed by atoms with Gasteiger partial charge in [-0.2, -0.15) is 0 Å². The van der Waals surface area contributed by atoms with Gasteiger partial charge in [-0.05, 0) is 116 Å². The lowest BCUT2D eigenvalue weighted by molar-refractivity contribution is -0.376. The first kappa shape index (κ1) is 40.9. The molecule has 7 rings (SSSR count). The quantitative estimate of drug-likeness (QED) is 0.138. The minimum Gasteiger partial charge on any atom is -0.481 e. The SMILES string of the molecule is C=C(C)[C@@H]1CC[C@]2(C(=O)O)CC[C@]3(C)[C@H](CC[C@@H]4[C@@]5(C)C[C@@H](O)[C@H](O[C@@H]6O[C@H](CO)[C@@H](O)[C@H](O)[C@H]6O[C@@H]6OC[C@@H](O)[C@H](O)[C@H]6O)C(C)(C)[C@@H]5CC[C@]43C)[C@@H]12. The van der Waals surface area contributed by atoms with E-state index in [1.807, 2.05) is 0 Å². The average Bonchev–Trinajstić information content (AvgIpc) is 3.51. The fourth-order valence-electron chi connectivity index (χ4n) is 14.4. The molecule has 7 fully saturated rings. The molecular weight excluding hydrogens is 700 g/mol. The molecule has 13 heteroatoms. The summed E-state index contributed by atoms with van der Waals surface area (Å²) in [5.41, 5.74) is -0.679. The van der Waals surface area contributed by atoms with E-state index in [2.05, 4.69) is 48.1 Å². The maximum atomic E-state index is 13.1. The van der Waals surface area contributed by atoms with Gasteiger partial charge in [0.05, 0.1) is 30.8 Å². The van der Waals surface area contributed by atoms with Crippen molar-refractivity contribution in [3.63, 3.8) is 0 Å². The lowest BCUT2D eigenvalue weighted by Crippen LogP contribution is -2.70. The molecule has 0 radical (unpaired) electrons. The Labute approximate surface area is 319 Å². The van der Waals surface area contributed by atoms with Crippen molar-refractivity contribution in [3.05, 3.63) is 12.2 Å². The Bertz CT molecular complexity index is 1440. The first-order valence-corrected chi connectivity index (χ1v) is 20.4. The van der Waals surface area contributed by atoms with E-state index >= 15 is 0 Å². The van der Waals surface area contributed by atoms with Crippen molar-refractivity contribution in [2.24, 2.45) is 56.7 Å². The third-order valence-electron chi connectivity index (χ3n) is 17.2. The number of aliphatic hydroxyl groups is 7. The third kappa shape index (κ3) is 5.76. The molecule has 20 atom stereocenters. The van der Waals surface area contributed by atoms with Gasteiger partial charge in [0.25, 0.3) is 0 Å². The van der Waals surface area contributed by atoms with Gasteiger partial charge < -0.3 is 59.8 Å². The molecule has 0 aromatic rings. The van der Waals surface area contributed by atoms with E-state index in [0.717, 1.165) is 44.1 Å². The highest BCUT2D eigenvalue weighted by atomic mass is 16.8. The van der Waals surface area contributed by atoms with Crippen LogP contribution in [-0.2, 0) is 23.7 Å². The van der Waals surface area contributed by atoms with E-state index < -0.39 is 90.9 Å². The number of allylic oxidation sites excluding steroid dienone is 1. The van der Waals surface area contributed by atoms with Crippen LogP contribution in [0.15, 0.2) is 12.2 Å². The monoisotopic (exact) mass is 766 g/mol. The Balaban J connectivity index is 1.16. The molecular formula is C41H66O13. The molecule has 0 spiro atoms. The summed E-state index contributed by atoms with van der Waals surface area (Å²) >= 11 is 0. The van der Waals surface area contributed by atoms with Crippen molar-refractivity contribution in [3.8, 4) is 0 Å². The maximum absolute atomic E-state index is 13.1. The number of hydrogen-bond acceptors (Lipinski definition) is 12. The first-order valence-electron chi connectivity index (χ1n) is 20.4. The van der Waals surface area contributed by atoms with Gasteiger partial charge in [0.15, 0.2) is 12.6 Å². The minimum absolute atomic E-state index is 0.0662. The average molecular weight is 767 g/mol. The molecule has 2 saturated heterocycles. The topological polar surface area (TPSA) is 216 Å². The summed E-state index contributed by atoms with van der Waals surface area (Å²) in [5, 5.41) is 85.8. The van der Waals surface area contributed by atoms with Crippen molar-refractivity contribution in [1.82, 2.24) is 0 Å². The fraction of sp³-hybridized carbons (Fsp3) is 0.927. The molecule has 5 saturated carbocycles. The van der Waals surface area contributed by atoms with Gasteiger partial charge >= 0.3 is 5.97 Å². The molecule has 0 bridgehead atoms. The number of carbonyl (C=O) groups is 1. The summed E-state index contributed by atoms with van der Waals surface area (Å²) in [6.45, 7) is 16.8. The van der Waals surface area contributed by atoms with Crippen LogP contribution in [0.25, 0.3) is 0 Å². The summed E-state index contributed by atoms with van der Waals surface area (Å²) in [7, 11) is 0. The van der Waals surface area contributed by atoms with Crippen molar-refractivity contribution in [1.29, 1.82) is 0 Å². The Kier molecular flexibility index (Phi) is 10.6. The lowest BCUT2D eigenvalue weighted by atomic mass is 9.32. The lowest BCUT2D eigenvalue weighted by Gasteiger charge is -2.73. The summed E-state index contributed by atoms with van der Waals surface area (Å²) in [4.78, 5) is 13.1. The smallest absolute Gasteiger partial charge is 0.309 e. The van der Waals surface area contributed by atoms with E-state index in [-0.39, 0.29) is 52.4 Å². The molecule has 54 heavy (non-hydrogen) atoms. The molecule has 8 N–H and O–H groups in total. The number of aliphatic hydroxyl groups excluding tert-OH is 7. The second-order valence-electron chi connectivity index (χ2n) is 19.9. The Morgan fingerprint density at radius 2 is 1.48 bits per heavy atom. The molecule has 5 aliphatic carbocycles. The molecule has 2 aliphatic heterocycles. The third-order valence-corrected chi connectivity index (χ3v) is 17.2. The van der Waals surface area contributed by atoms with E-state index in [4.69, 9.17) is 18.9 Å². The normalized spacial score (nSPS) is 55.5. The van der Waals surface area contributed by atoms with Gasteiger partial charge in [0.1, 0.15) is 42.7 Å². The van der Waals surface area contributed by atoms with Crippen LogP contribution in [0.1, 0.15) is 99.3 Å². The summed E-state index contributed by atoms with van der Waals surface area (Å²) in [5.74, 6) is 0.270. The number of aliphatic carboxylic acids is 1. The number of ether oxygens (including phenoxy) is 4. The van der Waals surface area contributed by atoms with Crippen molar-refractivity contribution < 1.29 is 64.6 Å². The van der Waals surface area contributed by atoms with E-state index in [0.29, 0.717) is 19.3 Å². The van der Waals surface area contributed by atoms with Crippen LogP contribution in [-0.4, -0.2) is 128 Å². The van der Waals surface area contributed by atoms with Crippen LogP contribution in [0.4, 0.5) is 0 Å². The Hall–Kier alpha value is -1.23. The fourth-order valence-corrected chi connectivity index (χ4v) is 14.4. The molecule has 0 unspecified atom stereocenters. The van der Waals surface area contributed by atoms with Crippen LogP contribution in [0.3, 0.4) is 0 Å². The van der Waals surface area contributed by atoms with Gasteiger partial charge in [-0.15, -0.1) is 0 Å². The first-order chi connectivity index (χ1) is 25.2. The van der Waals surface area contributed by atoms with Gasteiger partial charge in [-0.1, -0.05) is 46.8 Å². The van der Waals surface area contributed by atoms with Crippen LogP contribution < -0.4 is 0 Å². The molecule has 0 aromatic carbocycles. The molecule has 0 amide bonds. The van der Waals surface area contributed by atoms with Gasteiger partial charge in [0.2, 0.25) is 0 Å². The highest BCUT2D eigenvalue weighted by Crippen LogP contribution is 2.77. The molecule has 0 aromatic heterocycles. The van der Waals surface area contributed by atoms with Gasteiger partial charge in [-0.3, -0.25) is 4.79 Å². The second kappa shape index (κ2) is 14.0. The number of carboxylic acid groups (broad SMARTS) is 1. The van der Waals surface area contributed by atoms with Gasteiger partial charge in [-0.25, -0.2) is 0 Å². The zero-order valence-electron chi connectivity index (χ0n) is 32.8. The summed E-state index contributed by atoms with van der Waals surface area (Å²) in [6.07, 6.45) is -7.88. The molecule has 7 aliphatic rings. The highest BCUT2D eigenvalue weighted by Gasteiger charge is 2.73. The van der Waals surface area contributed by atoms with Gasteiger partial charge in [0, 0.05) is 0 Å². The van der Waals surface area contributed by atoms with Crippen LogP contribution in [0.2, 0.25) is 0 Å². The van der Waals surface area contributed by atoms with E-state index in [1.165, 1.54) is 0 Å². The molecule has 13 nitrogen and oxygen atoms in total. The van der Waals surface area contributed by atoms with E-state index in [9.17, 15) is 45.6 Å². The maximum Gasteiger partial charge on any atom is 0.309 e. The number of rotatable bonds is 7. The Morgan fingerprint density at radius 3 is 2.13 bits per heavy atom. The predicted octanol–water partition coefficient (Wildman–Crippen LogP) is 2.35. The van der Waals surface area contributed by atoms with Crippen molar-refractivity contribution >= 4 is 5.97 Å². The predicted molar refractivity (Wildman–Crippen MR) is 193 cm³/mol. The minimum atomic E-state index is -1.68. The standard InChI is InChI=1S/C41H66O13/c1-19(2)20-10-13-41(36(49)50)15-14-39(6)21(27(20)41)8-9-26-38(5)16-22(43)33(37(3,4)25(38)11-12-40(26,39)7)54-35-32(30(47)29(46)24(17-42)52-35)53-34-31(48)28(45)23(44)18-51-34/h20-35,42-48H,1,8-18H2,2-7H3,(H,49,50)/t20-,21+,22+,23+,24+,25-,26+,27+,28-,29+,30-,31+,32+,33-,34-,35-,38-,39+,40+,41-/m0/s1. The summed E-state index contributed by atoms with van der Waals surface area (Å²) < 4.78 is 24.0. The zero-order valence-corrected chi connectivity index (χ0v) is 32.8. The molecule has 308 valence electrons.